The lowest BCUT2D eigenvalue weighted by Crippen LogP contribution is -2.32. The molecule has 0 radical (unpaired) electrons. The molecular weight excluding hydrogens is 346 g/mol. The van der Waals surface area contributed by atoms with Crippen molar-refractivity contribution in [2.75, 3.05) is 13.2 Å². The van der Waals surface area contributed by atoms with Crippen molar-refractivity contribution in [3.05, 3.63) is 46.2 Å². The lowest BCUT2D eigenvalue weighted by atomic mass is 10.2. The minimum Gasteiger partial charge on any atom is -0.376 e. The third-order valence-electron chi connectivity index (χ3n) is 3.84. The molecule has 1 atom stereocenters. The Bertz CT molecular complexity index is 661. The van der Waals surface area contributed by atoms with Gasteiger partial charge in [0, 0.05) is 17.6 Å². The maximum absolute atomic E-state index is 12.3. The number of nitrogens with zero attached hydrogens (tertiary/aromatic N) is 2. The van der Waals surface area contributed by atoms with E-state index in [4.69, 9.17) is 4.74 Å². The molecule has 6 heteroatoms. The zero-order chi connectivity index (χ0) is 15.5. The van der Waals surface area contributed by atoms with E-state index < -0.39 is 0 Å². The largest absolute Gasteiger partial charge is 0.376 e. The molecule has 2 heterocycles. The van der Waals surface area contributed by atoms with Crippen LogP contribution in [0.5, 0.6) is 0 Å². The van der Waals surface area contributed by atoms with E-state index in [0.717, 1.165) is 35.3 Å². The maximum atomic E-state index is 12.3. The molecule has 0 saturated carbocycles. The average molecular weight is 364 g/mol. The minimum atomic E-state index is -0.101. The fraction of sp³-hybridized carbons (Fsp3) is 0.375. The second-order valence-electron chi connectivity index (χ2n) is 5.38. The first-order valence-electron chi connectivity index (χ1n) is 7.35. The minimum absolute atomic E-state index is 0.101. The zero-order valence-corrected chi connectivity index (χ0v) is 14.0. The molecule has 1 aliphatic rings. The smallest absolute Gasteiger partial charge is 0.254 e. The molecular formula is C16H18BrN3O2. The molecule has 2 aromatic rings. The molecule has 1 aromatic carbocycles. The highest BCUT2D eigenvalue weighted by atomic mass is 79.9. The van der Waals surface area contributed by atoms with Crippen LogP contribution in [0.4, 0.5) is 0 Å². The maximum Gasteiger partial charge on any atom is 0.254 e. The van der Waals surface area contributed by atoms with E-state index in [-0.39, 0.29) is 12.0 Å². The molecule has 22 heavy (non-hydrogen) atoms. The first kappa shape index (κ1) is 15.2. The Balaban J connectivity index is 1.72. The van der Waals surface area contributed by atoms with Gasteiger partial charge in [0.2, 0.25) is 0 Å². The van der Waals surface area contributed by atoms with Gasteiger partial charge in [0.15, 0.2) is 0 Å². The van der Waals surface area contributed by atoms with Gasteiger partial charge in [-0.3, -0.25) is 4.79 Å². The van der Waals surface area contributed by atoms with Crippen LogP contribution >= 0.6 is 15.9 Å². The van der Waals surface area contributed by atoms with Gasteiger partial charge in [-0.2, -0.15) is 5.10 Å². The number of carbonyl (C=O) groups is 1. The predicted octanol–water partition coefficient (Wildman–Crippen LogP) is 2.85. The van der Waals surface area contributed by atoms with Crippen LogP contribution in [0.2, 0.25) is 0 Å². The zero-order valence-electron chi connectivity index (χ0n) is 12.4. The molecule has 1 saturated heterocycles. The summed E-state index contributed by atoms with van der Waals surface area (Å²) < 4.78 is 8.30. The van der Waals surface area contributed by atoms with Crippen molar-refractivity contribution in [3.63, 3.8) is 0 Å². The van der Waals surface area contributed by atoms with Gasteiger partial charge < -0.3 is 10.1 Å². The summed E-state index contributed by atoms with van der Waals surface area (Å²) in [6.07, 6.45) is 3.84. The Labute approximate surface area is 137 Å². The first-order chi connectivity index (χ1) is 10.6. The fourth-order valence-electron chi connectivity index (χ4n) is 2.58. The van der Waals surface area contributed by atoms with Crippen molar-refractivity contribution in [2.45, 2.75) is 25.9 Å². The molecule has 5 nitrogen and oxygen atoms in total. The van der Waals surface area contributed by atoms with Gasteiger partial charge in [0.25, 0.3) is 5.91 Å². The third-order valence-corrected chi connectivity index (χ3v) is 4.37. The third kappa shape index (κ3) is 3.23. The molecule has 0 aliphatic carbocycles. The lowest BCUT2D eigenvalue weighted by molar-refractivity contribution is 0.0857. The van der Waals surface area contributed by atoms with Crippen LogP contribution in [0, 0.1) is 6.92 Å². The van der Waals surface area contributed by atoms with Gasteiger partial charge >= 0.3 is 0 Å². The van der Waals surface area contributed by atoms with E-state index in [1.807, 2.05) is 31.2 Å². The van der Waals surface area contributed by atoms with Gasteiger partial charge in [-0.1, -0.05) is 15.9 Å². The highest BCUT2D eigenvalue weighted by Crippen LogP contribution is 2.17. The molecule has 1 amide bonds. The Hall–Kier alpha value is -1.66. The lowest BCUT2D eigenvalue weighted by Gasteiger charge is -2.10. The number of amides is 1. The molecule has 1 unspecified atom stereocenters. The van der Waals surface area contributed by atoms with Crippen LogP contribution in [-0.2, 0) is 4.74 Å². The van der Waals surface area contributed by atoms with Gasteiger partial charge in [-0.15, -0.1) is 0 Å². The van der Waals surface area contributed by atoms with Crippen molar-refractivity contribution < 1.29 is 9.53 Å². The van der Waals surface area contributed by atoms with Gasteiger partial charge in [-0.05, 0) is 44.0 Å². The quantitative estimate of drug-likeness (QED) is 0.908. The van der Waals surface area contributed by atoms with Gasteiger partial charge in [0.05, 0.1) is 29.2 Å². The number of ether oxygens (including phenoxy) is 1. The van der Waals surface area contributed by atoms with Gasteiger partial charge in [-0.25, -0.2) is 4.68 Å². The summed E-state index contributed by atoms with van der Waals surface area (Å²) in [5.74, 6) is -0.101. The summed E-state index contributed by atoms with van der Waals surface area (Å²) in [6, 6.07) is 7.82. The SMILES string of the molecule is Cc1c(C(=O)NCC2CCCO2)cnn1-c1ccc(Br)cc1. The normalized spacial score (nSPS) is 17.6. The van der Waals surface area contributed by atoms with Crippen molar-refractivity contribution in [2.24, 2.45) is 0 Å². The Morgan fingerprint density at radius 2 is 2.23 bits per heavy atom. The van der Waals surface area contributed by atoms with E-state index in [1.165, 1.54) is 0 Å². The topological polar surface area (TPSA) is 56.1 Å². The van der Waals surface area contributed by atoms with Crippen LogP contribution in [-0.4, -0.2) is 34.9 Å². The number of halogens is 1. The van der Waals surface area contributed by atoms with E-state index in [2.05, 4.69) is 26.3 Å². The number of aromatic nitrogens is 2. The van der Waals surface area contributed by atoms with Crippen LogP contribution in [0.15, 0.2) is 34.9 Å². The van der Waals surface area contributed by atoms with Crippen LogP contribution in [0.3, 0.4) is 0 Å². The number of benzene rings is 1. The molecule has 116 valence electrons. The molecule has 3 rings (SSSR count). The number of hydrogen-bond donors (Lipinski definition) is 1. The molecule has 0 spiro atoms. The molecule has 1 N–H and O–H groups in total. The summed E-state index contributed by atoms with van der Waals surface area (Å²) in [4.78, 5) is 12.3. The van der Waals surface area contributed by atoms with Crippen molar-refractivity contribution in [1.29, 1.82) is 0 Å². The van der Waals surface area contributed by atoms with Crippen molar-refractivity contribution in [3.8, 4) is 5.69 Å². The first-order valence-corrected chi connectivity index (χ1v) is 8.15. The summed E-state index contributed by atoms with van der Waals surface area (Å²) in [5, 5.41) is 7.26. The van der Waals surface area contributed by atoms with E-state index in [1.54, 1.807) is 10.9 Å². The van der Waals surface area contributed by atoms with Crippen LogP contribution in [0.25, 0.3) is 5.69 Å². The Morgan fingerprint density at radius 3 is 2.91 bits per heavy atom. The van der Waals surface area contributed by atoms with E-state index in [0.29, 0.717) is 12.1 Å². The molecule has 1 fully saturated rings. The molecule has 1 aliphatic heterocycles. The standard InChI is InChI=1S/C16H18BrN3O2/c1-11-15(16(21)18-9-14-3-2-8-22-14)10-19-20(11)13-6-4-12(17)5-7-13/h4-7,10,14H,2-3,8-9H2,1H3,(H,18,21). The highest BCUT2D eigenvalue weighted by Gasteiger charge is 2.19. The molecule has 0 bridgehead atoms. The molecule has 1 aromatic heterocycles. The number of rotatable bonds is 4. The second-order valence-corrected chi connectivity index (χ2v) is 6.29. The fourth-order valence-corrected chi connectivity index (χ4v) is 2.85. The highest BCUT2D eigenvalue weighted by molar-refractivity contribution is 9.10. The second kappa shape index (κ2) is 6.62. The van der Waals surface area contributed by atoms with Crippen LogP contribution < -0.4 is 5.32 Å². The number of carbonyl (C=O) groups excluding carboxylic acids is 1. The monoisotopic (exact) mass is 363 g/mol. The summed E-state index contributed by atoms with van der Waals surface area (Å²) in [5.41, 5.74) is 2.35. The average Bonchev–Trinajstić information content (AvgIpc) is 3.15. The van der Waals surface area contributed by atoms with Crippen molar-refractivity contribution >= 4 is 21.8 Å². The van der Waals surface area contributed by atoms with Crippen molar-refractivity contribution in [1.82, 2.24) is 15.1 Å². The summed E-state index contributed by atoms with van der Waals surface area (Å²) >= 11 is 3.41. The Morgan fingerprint density at radius 1 is 1.45 bits per heavy atom. The summed E-state index contributed by atoms with van der Waals surface area (Å²) in [7, 11) is 0. The van der Waals surface area contributed by atoms with Gasteiger partial charge in [0.1, 0.15) is 0 Å². The van der Waals surface area contributed by atoms with E-state index >= 15 is 0 Å². The van der Waals surface area contributed by atoms with Crippen LogP contribution in [0.1, 0.15) is 28.9 Å². The number of hydrogen-bond acceptors (Lipinski definition) is 3. The Kier molecular flexibility index (Phi) is 4.59. The predicted molar refractivity (Wildman–Crippen MR) is 87.3 cm³/mol. The number of nitrogens with one attached hydrogen (secondary N) is 1. The van der Waals surface area contributed by atoms with E-state index in [9.17, 15) is 4.79 Å². The summed E-state index contributed by atoms with van der Waals surface area (Å²) in [6.45, 7) is 3.25.